The molecule has 3 fully saturated rings. The number of nitrogen functional groups attached to an aromatic ring is 2. The predicted octanol–water partition coefficient (Wildman–Crippen LogP) is 0.784. The van der Waals surface area contributed by atoms with E-state index in [1.165, 1.54) is 0 Å². The standard InChI is InChI=1S/C15H20FN5O/c16-11-5-10(11)15(22)21-8-1-2-9(21)7-20(6-8)12-3-4-19-14(18)13(12)17/h3-4,8-11H,1-2,5-7,17H2,(H2,18,19)/t8?,9?,10-,11-/m1/s1. The van der Waals surface area contributed by atoms with Crippen LogP contribution in [0.2, 0.25) is 0 Å². The highest BCUT2D eigenvalue weighted by Gasteiger charge is 2.51. The average molecular weight is 305 g/mol. The number of carbonyl (C=O) groups is 1. The van der Waals surface area contributed by atoms with Gasteiger partial charge in [0, 0.05) is 31.4 Å². The first kappa shape index (κ1) is 13.6. The molecule has 0 aromatic carbocycles. The number of piperazine rings is 1. The van der Waals surface area contributed by atoms with Crippen LogP contribution in [0.15, 0.2) is 12.3 Å². The van der Waals surface area contributed by atoms with Crippen molar-refractivity contribution in [3.8, 4) is 0 Å². The van der Waals surface area contributed by atoms with Gasteiger partial charge in [0.1, 0.15) is 12.0 Å². The predicted molar refractivity (Wildman–Crippen MR) is 81.9 cm³/mol. The van der Waals surface area contributed by atoms with Crippen LogP contribution in [0.25, 0.3) is 0 Å². The van der Waals surface area contributed by atoms with Crippen LogP contribution in [-0.2, 0) is 4.79 Å². The number of amides is 1. The Hall–Kier alpha value is -2.05. The first-order chi connectivity index (χ1) is 10.6. The molecule has 0 spiro atoms. The van der Waals surface area contributed by atoms with Crippen molar-refractivity contribution >= 4 is 23.1 Å². The summed E-state index contributed by atoms with van der Waals surface area (Å²) in [5.74, 6) is -0.0558. The second kappa shape index (κ2) is 4.72. The number of halogens is 1. The van der Waals surface area contributed by atoms with Crippen molar-refractivity contribution in [1.29, 1.82) is 0 Å². The summed E-state index contributed by atoms with van der Waals surface area (Å²) in [6.45, 7) is 1.44. The lowest BCUT2D eigenvalue weighted by atomic mass is 10.1. The zero-order valence-electron chi connectivity index (χ0n) is 12.3. The van der Waals surface area contributed by atoms with Gasteiger partial charge in [0.15, 0.2) is 0 Å². The summed E-state index contributed by atoms with van der Waals surface area (Å²) >= 11 is 0. The molecular weight excluding hydrogens is 285 g/mol. The lowest BCUT2D eigenvalue weighted by Gasteiger charge is -2.42. The van der Waals surface area contributed by atoms with E-state index >= 15 is 0 Å². The second-order valence-electron chi connectivity index (χ2n) is 6.52. The number of hydrogen-bond acceptors (Lipinski definition) is 5. The van der Waals surface area contributed by atoms with Crippen molar-refractivity contribution < 1.29 is 9.18 Å². The van der Waals surface area contributed by atoms with Gasteiger partial charge < -0.3 is 21.3 Å². The molecule has 2 unspecified atom stereocenters. The normalized spacial score (nSPS) is 33.1. The number of rotatable bonds is 2. The van der Waals surface area contributed by atoms with Crippen LogP contribution in [0.1, 0.15) is 19.3 Å². The largest absolute Gasteiger partial charge is 0.394 e. The van der Waals surface area contributed by atoms with Gasteiger partial charge in [-0.25, -0.2) is 9.37 Å². The monoisotopic (exact) mass is 305 g/mol. The van der Waals surface area contributed by atoms with Crippen LogP contribution < -0.4 is 16.4 Å². The topological polar surface area (TPSA) is 88.5 Å². The third-order valence-electron chi connectivity index (χ3n) is 5.11. The van der Waals surface area contributed by atoms with E-state index in [-0.39, 0.29) is 18.0 Å². The Morgan fingerprint density at radius 1 is 1.27 bits per heavy atom. The summed E-state index contributed by atoms with van der Waals surface area (Å²) in [6.07, 6.45) is 3.05. The number of carbonyl (C=O) groups excluding carboxylic acids is 1. The number of hydrogen-bond donors (Lipinski definition) is 2. The molecule has 6 nitrogen and oxygen atoms in total. The van der Waals surface area contributed by atoms with Crippen LogP contribution in [0, 0.1) is 5.92 Å². The van der Waals surface area contributed by atoms with Crippen molar-refractivity contribution in [1.82, 2.24) is 9.88 Å². The van der Waals surface area contributed by atoms with E-state index in [0.29, 0.717) is 17.9 Å². The molecule has 1 aromatic heterocycles. The highest BCUT2D eigenvalue weighted by Crippen LogP contribution is 2.41. The number of aromatic nitrogens is 1. The number of alkyl halides is 1. The Morgan fingerprint density at radius 3 is 2.50 bits per heavy atom. The lowest BCUT2D eigenvalue weighted by molar-refractivity contribution is -0.136. The fourth-order valence-electron chi connectivity index (χ4n) is 3.82. The molecule has 2 bridgehead atoms. The summed E-state index contributed by atoms with van der Waals surface area (Å²) in [5.41, 5.74) is 13.2. The first-order valence-electron chi connectivity index (χ1n) is 7.77. The summed E-state index contributed by atoms with van der Waals surface area (Å²) in [6, 6.07) is 2.15. The van der Waals surface area contributed by atoms with Crippen molar-refractivity contribution in [2.24, 2.45) is 5.92 Å². The Morgan fingerprint density at radius 2 is 1.91 bits per heavy atom. The molecule has 118 valence electrons. The Labute approximate surface area is 128 Å². The van der Waals surface area contributed by atoms with Gasteiger partial charge in [0.2, 0.25) is 5.91 Å². The third-order valence-corrected chi connectivity index (χ3v) is 5.11. The van der Waals surface area contributed by atoms with Gasteiger partial charge in [-0.05, 0) is 25.3 Å². The molecule has 4 N–H and O–H groups in total. The van der Waals surface area contributed by atoms with E-state index in [1.54, 1.807) is 6.20 Å². The van der Waals surface area contributed by atoms with Crippen molar-refractivity contribution in [2.45, 2.75) is 37.5 Å². The quantitative estimate of drug-likeness (QED) is 0.843. The minimum absolute atomic E-state index is 0.00173. The van der Waals surface area contributed by atoms with E-state index in [2.05, 4.69) is 9.88 Å². The molecule has 3 heterocycles. The third kappa shape index (κ3) is 1.99. The lowest BCUT2D eigenvalue weighted by Crippen LogP contribution is -2.56. The Kier molecular flexibility index (Phi) is 2.92. The van der Waals surface area contributed by atoms with E-state index in [1.807, 2.05) is 11.0 Å². The molecule has 1 saturated carbocycles. The molecule has 1 amide bonds. The molecule has 0 radical (unpaired) electrons. The van der Waals surface area contributed by atoms with Crippen molar-refractivity contribution in [2.75, 3.05) is 29.5 Å². The van der Waals surface area contributed by atoms with E-state index < -0.39 is 12.1 Å². The van der Waals surface area contributed by atoms with Crippen molar-refractivity contribution in [3.05, 3.63) is 12.3 Å². The molecule has 4 atom stereocenters. The maximum Gasteiger partial charge on any atom is 0.229 e. The number of fused-ring (bicyclic) bond motifs is 2. The van der Waals surface area contributed by atoms with Crippen LogP contribution >= 0.6 is 0 Å². The molecule has 1 aromatic rings. The van der Waals surface area contributed by atoms with Crippen LogP contribution in [0.3, 0.4) is 0 Å². The number of nitrogens with zero attached hydrogens (tertiary/aromatic N) is 3. The SMILES string of the molecule is Nc1nccc(N2CC3CCC(C2)N3C(=O)[C@@H]2C[C@H]2F)c1N. The molecule has 3 aliphatic rings. The average Bonchev–Trinajstić information content (AvgIpc) is 3.17. The van der Waals surface area contributed by atoms with Crippen LogP contribution in [0.5, 0.6) is 0 Å². The summed E-state index contributed by atoms with van der Waals surface area (Å²) < 4.78 is 13.2. The highest BCUT2D eigenvalue weighted by atomic mass is 19.1. The van der Waals surface area contributed by atoms with Gasteiger partial charge in [-0.3, -0.25) is 4.79 Å². The van der Waals surface area contributed by atoms with Gasteiger partial charge in [-0.15, -0.1) is 0 Å². The second-order valence-corrected chi connectivity index (χ2v) is 6.52. The number of nitrogens with two attached hydrogens (primary N) is 2. The molecule has 2 aliphatic heterocycles. The van der Waals surface area contributed by atoms with Gasteiger partial charge in [-0.2, -0.15) is 0 Å². The smallest absolute Gasteiger partial charge is 0.229 e. The summed E-state index contributed by atoms with van der Waals surface area (Å²) in [5, 5.41) is 0. The molecular formula is C15H20FN5O. The van der Waals surface area contributed by atoms with Gasteiger partial charge >= 0.3 is 0 Å². The van der Waals surface area contributed by atoms with Crippen LogP contribution in [-0.4, -0.2) is 47.1 Å². The molecule has 7 heteroatoms. The fourth-order valence-corrected chi connectivity index (χ4v) is 3.82. The Bertz CT molecular complexity index is 610. The molecule has 2 saturated heterocycles. The molecule has 4 rings (SSSR count). The minimum Gasteiger partial charge on any atom is -0.394 e. The number of anilines is 3. The highest BCUT2D eigenvalue weighted by molar-refractivity contribution is 5.84. The first-order valence-corrected chi connectivity index (χ1v) is 7.77. The minimum atomic E-state index is -0.930. The summed E-state index contributed by atoms with van der Waals surface area (Å²) in [7, 11) is 0. The van der Waals surface area contributed by atoms with Gasteiger partial charge in [0.05, 0.1) is 17.3 Å². The zero-order valence-corrected chi connectivity index (χ0v) is 12.3. The van der Waals surface area contributed by atoms with E-state index in [9.17, 15) is 9.18 Å². The van der Waals surface area contributed by atoms with E-state index in [0.717, 1.165) is 31.6 Å². The summed E-state index contributed by atoms with van der Waals surface area (Å²) in [4.78, 5) is 20.5. The zero-order chi connectivity index (χ0) is 15.4. The van der Waals surface area contributed by atoms with E-state index in [4.69, 9.17) is 11.5 Å². The molecule has 22 heavy (non-hydrogen) atoms. The Balaban J connectivity index is 1.55. The van der Waals surface area contributed by atoms with Crippen molar-refractivity contribution in [3.63, 3.8) is 0 Å². The molecule has 1 aliphatic carbocycles. The maximum absolute atomic E-state index is 13.2. The number of pyridine rings is 1. The fraction of sp³-hybridized carbons (Fsp3) is 0.600. The maximum atomic E-state index is 13.2. The van der Waals surface area contributed by atoms with Gasteiger partial charge in [0.25, 0.3) is 0 Å². The van der Waals surface area contributed by atoms with Gasteiger partial charge in [-0.1, -0.05) is 0 Å². The van der Waals surface area contributed by atoms with Crippen LogP contribution in [0.4, 0.5) is 21.6 Å².